The summed E-state index contributed by atoms with van der Waals surface area (Å²) in [6, 6.07) is 1.54. The van der Waals surface area contributed by atoms with Crippen molar-refractivity contribution in [1.82, 2.24) is 14.5 Å². The van der Waals surface area contributed by atoms with Crippen molar-refractivity contribution in [3.63, 3.8) is 0 Å². The van der Waals surface area contributed by atoms with Crippen molar-refractivity contribution in [1.29, 1.82) is 0 Å². The third-order valence-electron chi connectivity index (χ3n) is 2.03. The van der Waals surface area contributed by atoms with Gasteiger partial charge < -0.3 is 9.67 Å². The molecule has 6 nitrogen and oxygen atoms in total. The first-order valence-electron chi connectivity index (χ1n) is 4.39. The lowest BCUT2D eigenvalue weighted by molar-refractivity contribution is 0.0696. The van der Waals surface area contributed by atoms with Gasteiger partial charge in [-0.1, -0.05) is 0 Å². The number of carboxylic acids is 1. The first kappa shape index (κ1) is 10.0. The summed E-state index contributed by atoms with van der Waals surface area (Å²) in [4.78, 5) is 28.9. The minimum absolute atomic E-state index is 0.0531. The van der Waals surface area contributed by atoms with Crippen LogP contribution in [0.5, 0.6) is 0 Å². The van der Waals surface area contributed by atoms with E-state index in [0.29, 0.717) is 12.0 Å². The van der Waals surface area contributed by atoms with Gasteiger partial charge in [-0.25, -0.2) is 9.78 Å². The number of hydrogen-bond donors (Lipinski definition) is 1. The van der Waals surface area contributed by atoms with Crippen molar-refractivity contribution in [2.24, 2.45) is 0 Å². The molecular weight excluding hydrogens is 210 g/mol. The number of nitrogens with zero attached hydrogens (tertiary/aromatic N) is 3. The number of carboxylic acid groups (broad SMARTS) is 1. The SMILES string of the molecule is O=Cc1cn(-c2ccncc2C(=O)O)cn1. The number of aromatic carboxylic acids is 1. The highest BCUT2D eigenvalue weighted by Crippen LogP contribution is 2.13. The monoisotopic (exact) mass is 217 g/mol. The van der Waals surface area contributed by atoms with Gasteiger partial charge in [0, 0.05) is 18.6 Å². The Bertz CT molecular complexity index is 548. The molecule has 0 aromatic carbocycles. The maximum absolute atomic E-state index is 10.9. The molecule has 80 valence electrons. The molecular formula is C10H7N3O3. The molecule has 2 aromatic heterocycles. The van der Waals surface area contributed by atoms with E-state index in [0.717, 1.165) is 0 Å². The van der Waals surface area contributed by atoms with Crippen LogP contribution < -0.4 is 0 Å². The molecule has 0 radical (unpaired) electrons. The van der Waals surface area contributed by atoms with Gasteiger partial charge in [0.15, 0.2) is 6.29 Å². The van der Waals surface area contributed by atoms with Gasteiger partial charge >= 0.3 is 5.97 Å². The first-order valence-corrected chi connectivity index (χ1v) is 4.39. The molecule has 6 heteroatoms. The van der Waals surface area contributed by atoms with Crippen LogP contribution in [0.1, 0.15) is 20.8 Å². The Morgan fingerprint density at radius 1 is 1.50 bits per heavy atom. The van der Waals surface area contributed by atoms with Crippen LogP contribution in [0.3, 0.4) is 0 Å². The minimum Gasteiger partial charge on any atom is -0.478 e. The number of carbonyl (C=O) groups excluding carboxylic acids is 1. The van der Waals surface area contributed by atoms with E-state index in [1.54, 1.807) is 6.07 Å². The summed E-state index contributed by atoms with van der Waals surface area (Å²) >= 11 is 0. The molecule has 0 fully saturated rings. The summed E-state index contributed by atoms with van der Waals surface area (Å²) in [5.74, 6) is -1.08. The van der Waals surface area contributed by atoms with Gasteiger partial charge in [-0.2, -0.15) is 0 Å². The van der Waals surface area contributed by atoms with Gasteiger partial charge in [0.1, 0.15) is 17.6 Å². The molecule has 0 atom stereocenters. The lowest BCUT2D eigenvalue weighted by Gasteiger charge is -2.04. The van der Waals surface area contributed by atoms with E-state index in [-0.39, 0.29) is 11.3 Å². The maximum Gasteiger partial charge on any atom is 0.339 e. The standard InChI is InChI=1S/C10H7N3O3/c14-5-7-4-13(6-12-7)9-1-2-11-3-8(9)10(15)16/h1-6H,(H,15,16). The lowest BCUT2D eigenvalue weighted by Crippen LogP contribution is -2.04. The zero-order valence-corrected chi connectivity index (χ0v) is 8.07. The maximum atomic E-state index is 10.9. The van der Waals surface area contributed by atoms with E-state index >= 15 is 0 Å². The van der Waals surface area contributed by atoms with Crippen molar-refractivity contribution in [3.8, 4) is 5.69 Å². The summed E-state index contributed by atoms with van der Waals surface area (Å²) in [6.07, 6.45) is 6.15. The van der Waals surface area contributed by atoms with Crippen LogP contribution in [-0.4, -0.2) is 31.9 Å². The van der Waals surface area contributed by atoms with Crippen molar-refractivity contribution in [2.75, 3.05) is 0 Å². The zero-order chi connectivity index (χ0) is 11.5. The van der Waals surface area contributed by atoms with E-state index in [1.807, 2.05) is 0 Å². The fourth-order valence-corrected chi connectivity index (χ4v) is 1.31. The zero-order valence-electron chi connectivity index (χ0n) is 8.07. The molecule has 0 saturated heterocycles. The molecule has 0 spiro atoms. The number of hydrogen-bond acceptors (Lipinski definition) is 4. The molecule has 2 rings (SSSR count). The number of imidazole rings is 1. The Morgan fingerprint density at radius 3 is 2.94 bits per heavy atom. The summed E-state index contributed by atoms with van der Waals surface area (Å²) in [6.45, 7) is 0. The van der Waals surface area contributed by atoms with Gasteiger partial charge in [-0.3, -0.25) is 9.78 Å². The number of rotatable bonds is 3. The third kappa shape index (κ3) is 1.68. The third-order valence-corrected chi connectivity index (χ3v) is 2.03. The topological polar surface area (TPSA) is 85.1 Å². The van der Waals surface area contributed by atoms with Gasteiger partial charge in [-0.05, 0) is 6.07 Å². The van der Waals surface area contributed by atoms with Crippen LogP contribution in [0.2, 0.25) is 0 Å². The van der Waals surface area contributed by atoms with Crippen LogP contribution in [0.15, 0.2) is 31.0 Å². The summed E-state index contributed by atoms with van der Waals surface area (Å²) in [5.41, 5.74) is 0.716. The second kappa shape index (κ2) is 3.93. The molecule has 16 heavy (non-hydrogen) atoms. The molecule has 0 unspecified atom stereocenters. The molecule has 0 amide bonds. The Morgan fingerprint density at radius 2 is 2.31 bits per heavy atom. The van der Waals surface area contributed by atoms with Gasteiger partial charge in [0.2, 0.25) is 0 Å². The van der Waals surface area contributed by atoms with E-state index in [4.69, 9.17) is 5.11 Å². The number of aldehydes is 1. The number of carbonyl (C=O) groups is 2. The van der Waals surface area contributed by atoms with E-state index in [2.05, 4.69) is 9.97 Å². The van der Waals surface area contributed by atoms with Crippen molar-refractivity contribution in [2.45, 2.75) is 0 Å². The lowest BCUT2D eigenvalue weighted by atomic mass is 10.2. The smallest absolute Gasteiger partial charge is 0.339 e. The van der Waals surface area contributed by atoms with Gasteiger partial charge in [0.25, 0.3) is 0 Å². The minimum atomic E-state index is -1.08. The van der Waals surface area contributed by atoms with Crippen LogP contribution in [-0.2, 0) is 0 Å². The van der Waals surface area contributed by atoms with Crippen LogP contribution in [0.25, 0.3) is 5.69 Å². The molecule has 2 aromatic rings. The van der Waals surface area contributed by atoms with E-state index < -0.39 is 5.97 Å². The normalized spacial score (nSPS) is 10.0. The summed E-state index contributed by atoms with van der Waals surface area (Å²) in [5, 5.41) is 8.95. The predicted octanol–water partition coefficient (Wildman–Crippen LogP) is 0.778. The molecule has 0 aliphatic carbocycles. The van der Waals surface area contributed by atoms with Gasteiger partial charge in [-0.15, -0.1) is 0 Å². The molecule has 1 N–H and O–H groups in total. The second-order valence-electron chi connectivity index (χ2n) is 3.02. The highest BCUT2D eigenvalue weighted by atomic mass is 16.4. The molecule has 0 aliphatic heterocycles. The molecule has 0 aliphatic rings. The van der Waals surface area contributed by atoms with Crippen LogP contribution in [0.4, 0.5) is 0 Å². The first-order chi connectivity index (χ1) is 7.72. The van der Waals surface area contributed by atoms with Crippen LogP contribution >= 0.6 is 0 Å². The average Bonchev–Trinajstić information content (AvgIpc) is 2.77. The Kier molecular flexibility index (Phi) is 2.47. The fourth-order valence-electron chi connectivity index (χ4n) is 1.31. The van der Waals surface area contributed by atoms with Gasteiger partial charge in [0.05, 0.1) is 5.69 Å². The Labute approximate surface area is 90.2 Å². The highest BCUT2D eigenvalue weighted by molar-refractivity contribution is 5.91. The van der Waals surface area contributed by atoms with Crippen molar-refractivity contribution in [3.05, 3.63) is 42.2 Å². The van der Waals surface area contributed by atoms with Crippen molar-refractivity contribution < 1.29 is 14.7 Å². The predicted molar refractivity (Wildman–Crippen MR) is 53.7 cm³/mol. The van der Waals surface area contributed by atoms with Crippen LogP contribution in [0, 0.1) is 0 Å². The quantitative estimate of drug-likeness (QED) is 0.768. The Balaban J connectivity index is 2.54. The molecule has 0 bridgehead atoms. The van der Waals surface area contributed by atoms with E-state index in [1.165, 1.54) is 29.5 Å². The summed E-state index contributed by atoms with van der Waals surface area (Å²) in [7, 11) is 0. The van der Waals surface area contributed by atoms with Crippen molar-refractivity contribution >= 4 is 12.3 Å². The summed E-state index contributed by atoms with van der Waals surface area (Å²) < 4.78 is 1.47. The molecule has 0 saturated carbocycles. The highest BCUT2D eigenvalue weighted by Gasteiger charge is 2.11. The largest absolute Gasteiger partial charge is 0.478 e. The fraction of sp³-hybridized carbons (Fsp3) is 0. The van der Waals surface area contributed by atoms with E-state index in [9.17, 15) is 9.59 Å². The number of aromatic nitrogens is 3. The number of pyridine rings is 1. The Hall–Kier alpha value is -2.50. The second-order valence-corrected chi connectivity index (χ2v) is 3.02. The molecule has 2 heterocycles. The average molecular weight is 217 g/mol.